The second-order valence-corrected chi connectivity index (χ2v) is 6.10. The Morgan fingerprint density at radius 3 is 2.36 bits per heavy atom. The van der Waals surface area contributed by atoms with Crippen molar-refractivity contribution in [2.75, 3.05) is 11.5 Å². The zero-order valence-corrected chi connectivity index (χ0v) is 12.6. The molecule has 5 N–H and O–H groups in total. The molecular formula is C14H16N6OS. The summed E-state index contributed by atoms with van der Waals surface area (Å²) in [7, 11) is 0. The number of rotatable bonds is 5. The third-order valence-electron chi connectivity index (χ3n) is 3.14. The maximum Gasteiger partial charge on any atom is 0.238 e. The molecule has 1 aliphatic rings. The first-order chi connectivity index (χ1) is 10.6. The number of thioether (sulfide) groups is 1. The summed E-state index contributed by atoms with van der Waals surface area (Å²) in [5, 5.41) is 2.89. The molecule has 1 aromatic heterocycles. The molecule has 22 heavy (non-hydrogen) atoms. The van der Waals surface area contributed by atoms with Gasteiger partial charge < -0.3 is 16.8 Å². The van der Waals surface area contributed by atoms with Crippen molar-refractivity contribution in [2.24, 2.45) is 0 Å². The second kappa shape index (κ2) is 6.18. The molecule has 0 radical (unpaired) electrons. The van der Waals surface area contributed by atoms with E-state index < -0.39 is 5.25 Å². The number of amides is 1. The van der Waals surface area contributed by atoms with Crippen LogP contribution in [0.3, 0.4) is 0 Å². The molecule has 114 valence electrons. The highest BCUT2D eigenvalue weighted by atomic mass is 32.2. The Kier molecular flexibility index (Phi) is 4.10. The highest BCUT2D eigenvalue weighted by molar-refractivity contribution is 8.00. The predicted octanol–water partition coefficient (Wildman–Crippen LogP) is 1.15. The quantitative estimate of drug-likeness (QED) is 0.708. The van der Waals surface area contributed by atoms with Crippen molar-refractivity contribution >= 4 is 29.6 Å². The van der Waals surface area contributed by atoms with Crippen LogP contribution in [-0.4, -0.2) is 26.9 Å². The van der Waals surface area contributed by atoms with Gasteiger partial charge in [-0.1, -0.05) is 42.1 Å². The maximum atomic E-state index is 12.5. The summed E-state index contributed by atoms with van der Waals surface area (Å²) in [4.78, 5) is 24.3. The van der Waals surface area contributed by atoms with Gasteiger partial charge in [0.15, 0.2) is 5.16 Å². The largest absolute Gasteiger partial charge is 0.368 e. The lowest BCUT2D eigenvalue weighted by Crippen LogP contribution is -2.29. The lowest BCUT2D eigenvalue weighted by Gasteiger charge is -2.16. The molecule has 1 aromatic carbocycles. The van der Waals surface area contributed by atoms with Crippen LogP contribution in [0.25, 0.3) is 0 Å². The summed E-state index contributed by atoms with van der Waals surface area (Å²) in [5.41, 5.74) is 12.0. The molecule has 8 heteroatoms. The molecule has 1 atom stereocenters. The van der Waals surface area contributed by atoms with Gasteiger partial charge in [-0.15, -0.1) is 0 Å². The van der Waals surface area contributed by atoms with Crippen molar-refractivity contribution in [3.8, 4) is 0 Å². The molecule has 0 saturated heterocycles. The molecule has 0 bridgehead atoms. The van der Waals surface area contributed by atoms with E-state index >= 15 is 0 Å². The highest BCUT2D eigenvalue weighted by Gasteiger charge is 2.29. The van der Waals surface area contributed by atoms with Gasteiger partial charge in [0, 0.05) is 6.04 Å². The number of nitrogens with two attached hydrogens (primary N) is 2. The van der Waals surface area contributed by atoms with Crippen LogP contribution in [0.2, 0.25) is 0 Å². The average Bonchev–Trinajstić information content (AvgIpc) is 3.28. The molecule has 7 nitrogen and oxygen atoms in total. The van der Waals surface area contributed by atoms with Crippen molar-refractivity contribution < 1.29 is 4.79 Å². The van der Waals surface area contributed by atoms with Gasteiger partial charge in [-0.25, -0.2) is 0 Å². The van der Waals surface area contributed by atoms with Crippen molar-refractivity contribution in [3.63, 3.8) is 0 Å². The molecular weight excluding hydrogens is 300 g/mol. The van der Waals surface area contributed by atoms with Crippen LogP contribution in [-0.2, 0) is 4.79 Å². The number of aromatic nitrogens is 3. The third-order valence-corrected chi connectivity index (χ3v) is 4.25. The molecule has 0 unspecified atom stereocenters. The monoisotopic (exact) mass is 316 g/mol. The van der Waals surface area contributed by atoms with E-state index in [0.29, 0.717) is 5.16 Å². The lowest BCUT2D eigenvalue weighted by molar-refractivity contribution is -0.120. The van der Waals surface area contributed by atoms with Gasteiger partial charge in [0.05, 0.1) is 0 Å². The summed E-state index contributed by atoms with van der Waals surface area (Å²) in [5.74, 6) is 0.0325. The van der Waals surface area contributed by atoms with Gasteiger partial charge in [0.2, 0.25) is 17.8 Å². The van der Waals surface area contributed by atoms with Crippen LogP contribution < -0.4 is 16.8 Å². The van der Waals surface area contributed by atoms with E-state index in [9.17, 15) is 4.79 Å². The Bertz CT molecular complexity index is 656. The standard InChI is InChI=1S/C14H16N6OS/c15-12-18-13(16)20-14(19-12)22-10(8-4-2-1-3-5-8)11(21)17-9-6-7-9/h1-5,9-10H,6-7H2,(H,17,21)(H4,15,16,18,19,20)/t10-/m0/s1. The minimum absolute atomic E-state index is 0.0458. The SMILES string of the molecule is Nc1nc(N)nc(S[C@H](C(=O)NC2CC2)c2ccccc2)n1. The van der Waals surface area contributed by atoms with E-state index in [1.807, 2.05) is 30.3 Å². The van der Waals surface area contributed by atoms with Gasteiger partial charge >= 0.3 is 0 Å². The molecule has 1 saturated carbocycles. The highest BCUT2D eigenvalue weighted by Crippen LogP contribution is 2.34. The average molecular weight is 316 g/mol. The second-order valence-electron chi connectivity index (χ2n) is 5.03. The van der Waals surface area contributed by atoms with Gasteiger partial charge in [-0.2, -0.15) is 15.0 Å². The van der Waals surface area contributed by atoms with E-state index in [1.165, 1.54) is 11.8 Å². The summed E-state index contributed by atoms with van der Waals surface area (Å²) in [6.07, 6.45) is 2.06. The van der Waals surface area contributed by atoms with Gasteiger partial charge in [-0.3, -0.25) is 4.79 Å². The summed E-state index contributed by atoms with van der Waals surface area (Å²) >= 11 is 1.21. The van der Waals surface area contributed by atoms with Crippen molar-refractivity contribution in [3.05, 3.63) is 35.9 Å². The van der Waals surface area contributed by atoms with Crippen LogP contribution in [0, 0.1) is 0 Å². The van der Waals surface area contributed by atoms with Crippen LogP contribution >= 0.6 is 11.8 Å². The fourth-order valence-corrected chi connectivity index (χ4v) is 2.92. The van der Waals surface area contributed by atoms with Crippen LogP contribution in [0.5, 0.6) is 0 Å². The van der Waals surface area contributed by atoms with E-state index in [1.54, 1.807) is 0 Å². The minimum atomic E-state index is -0.456. The van der Waals surface area contributed by atoms with E-state index in [0.717, 1.165) is 18.4 Å². The maximum absolute atomic E-state index is 12.5. The number of nitrogens with one attached hydrogen (secondary N) is 1. The first kappa shape index (κ1) is 14.6. The number of nitrogens with zero attached hydrogens (tertiary/aromatic N) is 3. The Labute approximate surface area is 131 Å². The molecule has 1 aliphatic carbocycles. The normalized spacial score (nSPS) is 15.3. The Hall–Kier alpha value is -2.35. The summed E-state index contributed by atoms with van der Waals surface area (Å²) in [6, 6.07) is 9.78. The lowest BCUT2D eigenvalue weighted by atomic mass is 10.1. The molecule has 1 amide bonds. The van der Waals surface area contributed by atoms with E-state index in [4.69, 9.17) is 11.5 Å². The predicted molar refractivity (Wildman–Crippen MR) is 84.9 cm³/mol. The molecule has 2 aromatic rings. The smallest absolute Gasteiger partial charge is 0.238 e. The molecule has 1 heterocycles. The minimum Gasteiger partial charge on any atom is -0.368 e. The van der Waals surface area contributed by atoms with Crippen LogP contribution in [0.1, 0.15) is 23.7 Å². The number of nitrogen functional groups attached to an aromatic ring is 2. The Balaban J connectivity index is 1.85. The molecule has 1 fully saturated rings. The summed E-state index contributed by atoms with van der Waals surface area (Å²) < 4.78 is 0. The molecule has 3 rings (SSSR count). The van der Waals surface area contributed by atoms with Gasteiger partial charge in [0.1, 0.15) is 5.25 Å². The van der Waals surface area contributed by atoms with Gasteiger partial charge in [-0.05, 0) is 18.4 Å². The van der Waals surface area contributed by atoms with Gasteiger partial charge in [0.25, 0.3) is 0 Å². The first-order valence-corrected chi connectivity index (χ1v) is 7.79. The fourth-order valence-electron chi connectivity index (χ4n) is 1.95. The number of hydrogen-bond acceptors (Lipinski definition) is 7. The third kappa shape index (κ3) is 3.64. The zero-order chi connectivity index (χ0) is 15.5. The number of hydrogen-bond donors (Lipinski definition) is 3. The van der Waals surface area contributed by atoms with E-state index in [2.05, 4.69) is 20.3 Å². The Morgan fingerprint density at radius 1 is 1.14 bits per heavy atom. The van der Waals surface area contributed by atoms with Crippen LogP contribution in [0.15, 0.2) is 35.5 Å². The topological polar surface area (TPSA) is 120 Å². The number of anilines is 2. The van der Waals surface area contributed by atoms with Crippen molar-refractivity contribution in [1.29, 1.82) is 0 Å². The first-order valence-electron chi connectivity index (χ1n) is 6.91. The number of carbonyl (C=O) groups excluding carboxylic acids is 1. The zero-order valence-electron chi connectivity index (χ0n) is 11.8. The number of carbonyl (C=O) groups is 1. The fraction of sp³-hybridized carbons (Fsp3) is 0.286. The van der Waals surface area contributed by atoms with Crippen molar-refractivity contribution in [1.82, 2.24) is 20.3 Å². The summed E-state index contributed by atoms with van der Waals surface area (Å²) in [6.45, 7) is 0. The Morgan fingerprint density at radius 2 is 1.77 bits per heavy atom. The van der Waals surface area contributed by atoms with Crippen LogP contribution in [0.4, 0.5) is 11.9 Å². The van der Waals surface area contributed by atoms with E-state index in [-0.39, 0.29) is 23.8 Å². The van der Waals surface area contributed by atoms with Crippen molar-refractivity contribution in [2.45, 2.75) is 29.3 Å². The molecule has 0 aliphatic heterocycles. The molecule has 0 spiro atoms. The number of benzene rings is 1.